The number of carbonyl (C=O) groups excluding carboxylic acids is 2. The molecule has 1 unspecified atom stereocenters. The maximum atomic E-state index is 11.9. The molecule has 1 aromatic carbocycles. The van der Waals surface area contributed by atoms with Crippen molar-refractivity contribution in [2.75, 3.05) is 14.2 Å². The topological polar surface area (TPSA) is 73.9 Å². The third-order valence-electron chi connectivity index (χ3n) is 2.83. The molecule has 23 heavy (non-hydrogen) atoms. The Morgan fingerprint density at radius 1 is 1.26 bits per heavy atom. The summed E-state index contributed by atoms with van der Waals surface area (Å²) in [5, 5.41) is 2.93. The molecule has 1 aromatic rings. The Labute approximate surface area is 141 Å². The number of hydrogen-bond donors (Lipinski definition) is 1. The normalized spacial score (nSPS) is 12.3. The van der Waals surface area contributed by atoms with Crippen LogP contribution in [0.3, 0.4) is 0 Å². The molecule has 0 radical (unpaired) electrons. The van der Waals surface area contributed by atoms with Gasteiger partial charge in [-0.3, -0.25) is 0 Å². The molecule has 0 saturated carbocycles. The lowest BCUT2D eigenvalue weighted by Crippen LogP contribution is -2.45. The fraction of sp³-hybridized carbons (Fsp3) is 0.500. The molecule has 0 heterocycles. The average Bonchev–Trinajstić information content (AvgIpc) is 2.44. The van der Waals surface area contributed by atoms with E-state index in [1.165, 1.54) is 14.2 Å². The van der Waals surface area contributed by atoms with Crippen LogP contribution < -0.4 is 10.1 Å². The van der Waals surface area contributed by atoms with Gasteiger partial charge < -0.3 is 19.5 Å². The number of benzene rings is 1. The van der Waals surface area contributed by atoms with Gasteiger partial charge in [0.2, 0.25) is 0 Å². The van der Waals surface area contributed by atoms with Crippen LogP contribution in [0.1, 0.15) is 26.3 Å². The minimum atomic E-state index is -0.876. The average molecular weight is 344 g/mol. The number of methoxy groups -OCH3 is 2. The van der Waals surface area contributed by atoms with Crippen molar-refractivity contribution in [2.45, 2.75) is 38.8 Å². The predicted molar refractivity (Wildman–Crippen MR) is 86.9 cm³/mol. The summed E-state index contributed by atoms with van der Waals surface area (Å²) in [7, 11) is 2.77. The molecule has 7 heteroatoms. The number of hydrogen-bond acceptors (Lipinski definition) is 5. The number of amides is 1. The summed E-state index contributed by atoms with van der Waals surface area (Å²) in [5.74, 6) is -0.0343. The highest BCUT2D eigenvalue weighted by atomic mass is 35.5. The standard InChI is InChI=1S/C16H22ClNO5/c1-16(2,3)23-15(20)18-12(14(19)22-5)9-10-6-7-13(21-4)11(17)8-10/h6-8,12H,9H2,1-5H3,(H,18,20). The van der Waals surface area contributed by atoms with Crippen molar-refractivity contribution in [1.82, 2.24) is 5.32 Å². The molecular formula is C16H22ClNO5. The van der Waals surface area contributed by atoms with E-state index in [1.54, 1.807) is 39.0 Å². The van der Waals surface area contributed by atoms with Gasteiger partial charge in [-0.25, -0.2) is 9.59 Å². The SMILES string of the molecule is COC(=O)C(Cc1ccc(OC)c(Cl)c1)NC(=O)OC(C)(C)C. The zero-order valence-electron chi connectivity index (χ0n) is 13.9. The van der Waals surface area contributed by atoms with Crippen molar-refractivity contribution in [1.29, 1.82) is 0 Å². The quantitative estimate of drug-likeness (QED) is 0.832. The summed E-state index contributed by atoms with van der Waals surface area (Å²) in [4.78, 5) is 23.7. The number of nitrogens with one attached hydrogen (secondary N) is 1. The predicted octanol–water partition coefficient (Wildman–Crippen LogP) is 2.96. The molecule has 6 nitrogen and oxygen atoms in total. The fourth-order valence-electron chi connectivity index (χ4n) is 1.86. The van der Waals surface area contributed by atoms with Gasteiger partial charge in [0.1, 0.15) is 17.4 Å². The minimum Gasteiger partial charge on any atom is -0.495 e. The molecule has 0 saturated heterocycles. The monoisotopic (exact) mass is 343 g/mol. The van der Waals surface area contributed by atoms with E-state index in [-0.39, 0.29) is 6.42 Å². The Bertz CT molecular complexity index is 568. The van der Waals surface area contributed by atoms with Gasteiger partial charge in [0.25, 0.3) is 0 Å². The first-order valence-corrected chi connectivity index (χ1v) is 7.44. The minimum absolute atomic E-state index is 0.218. The second kappa shape index (κ2) is 8.06. The summed E-state index contributed by atoms with van der Waals surface area (Å²) < 4.78 is 15.0. The van der Waals surface area contributed by atoms with Crippen LogP contribution in [0.25, 0.3) is 0 Å². The van der Waals surface area contributed by atoms with Gasteiger partial charge >= 0.3 is 12.1 Å². The van der Waals surface area contributed by atoms with Crippen LogP contribution >= 0.6 is 11.6 Å². The molecule has 0 aliphatic carbocycles. The molecule has 1 amide bonds. The van der Waals surface area contributed by atoms with E-state index in [1.807, 2.05) is 0 Å². The number of carbonyl (C=O) groups is 2. The van der Waals surface area contributed by atoms with Crippen molar-refractivity contribution in [2.24, 2.45) is 0 Å². The van der Waals surface area contributed by atoms with E-state index in [9.17, 15) is 9.59 Å². The first-order valence-electron chi connectivity index (χ1n) is 7.06. The van der Waals surface area contributed by atoms with E-state index in [0.717, 1.165) is 5.56 Å². The van der Waals surface area contributed by atoms with Gasteiger partial charge in [-0.05, 0) is 38.5 Å². The molecular weight excluding hydrogens is 322 g/mol. The van der Waals surface area contributed by atoms with Gasteiger partial charge in [0.05, 0.1) is 19.2 Å². The number of esters is 1. The highest BCUT2D eigenvalue weighted by molar-refractivity contribution is 6.32. The summed E-state index contributed by atoms with van der Waals surface area (Å²) in [6.07, 6.45) is -0.470. The van der Waals surface area contributed by atoms with Gasteiger partial charge in [0.15, 0.2) is 0 Å². The molecule has 1 rings (SSSR count). The first kappa shape index (κ1) is 19.1. The van der Waals surface area contributed by atoms with Crippen LogP contribution in [-0.4, -0.2) is 37.9 Å². The molecule has 0 spiro atoms. The van der Waals surface area contributed by atoms with Crippen LogP contribution in [-0.2, 0) is 20.7 Å². The smallest absolute Gasteiger partial charge is 0.408 e. The zero-order valence-corrected chi connectivity index (χ0v) is 14.7. The highest BCUT2D eigenvalue weighted by Crippen LogP contribution is 2.25. The maximum Gasteiger partial charge on any atom is 0.408 e. The maximum absolute atomic E-state index is 11.9. The third kappa shape index (κ3) is 6.36. The fourth-order valence-corrected chi connectivity index (χ4v) is 2.14. The van der Waals surface area contributed by atoms with E-state index in [4.69, 9.17) is 25.8 Å². The van der Waals surface area contributed by atoms with Gasteiger partial charge in [-0.1, -0.05) is 17.7 Å². The van der Waals surface area contributed by atoms with E-state index >= 15 is 0 Å². The van der Waals surface area contributed by atoms with Crippen LogP contribution in [0.4, 0.5) is 4.79 Å². The highest BCUT2D eigenvalue weighted by Gasteiger charge is 2.25. The molecule has 0 fully saturated rings. The van der Waals surface area contributed by atoms with Gasteiger partial charge in [-0.15, -0.1) is 0 Å². The third-order valence-corrected chi connectivity index (χ3v) is 3.13. The number of halogens is 1. The van der Waals surface area contributed by atoms with Crippen molar-refractivity contribution in [3.63, 3.8) is 0 Å². The molecule has 0 aliphatic heterocycles. The zero-order chi connectivity index (χ0) is 17.6. The van der Waals surface area contributed by atoms with Crippen LogP contribution in [0.15, 0.2) is 18.2 Å². The lowest BCUT2D eigenvalue weighted by atomic mass is 10.1. The second-order valence-electron chi connectivity index (χ2n) is 5.89. The summed E-state index contributed by atoms with van der Waals surface area (Å²) in [6.45, 7) is 5.22. The van der Waals surface area contributed by atoms with Gasteiger partial charge in [-0.2, -0.15) is 0 Å². The Morgan fingerprint density at radius 3 is 2.39 bits per heavy atom. The second-order valence-corrected chi connectivity index (χ2v) is 6.30. The summed E-state index contributed by atoms with van der Waals surface area (Å²) >= 11 is 6.07. The van der Waals surface area contributed by atoms with Crippen LogP contribution in [0.2, 0.25) is 5.02 Å². The number of alkyl carbamates (subject to hydrolysis) is 1. The summed E-state index contributed by atoms with van der Waals surface area (Å²) in [5.41, 5.74) is 0.0935. The molecule has 0 bridgehead atoms. The van der Waals surface area contributed by atoms with Crippen molar-refractivity contribution in [3.8, 4) is 5.75 Å². The Morgan fingerprint density at radius 2 is 1.91 bits per heavy atom. The molecule has 0 aromatic heterocycles. The van der Waals surface area contributed by atoms with Gasteiger partial charge in [0, 0.05) is 6.42 Å². The number of ether oxygens (including phenoxy) is 3. The molecule has 128 valence electrons. The molecule has 1 N–H and O–H groups in total. The Kier molecular flexibility index (Phi) is 6.69. The Balaban J connectivity index is 2.85. The van der Waals surface area contributed by atoms with Crippen LogP contribution in [0, 0.1) is 0 Å². The number of rotatable bonds is 5. The van der Waals surface area contributed by atoms with Crippen LogP contribution in [0.5, 0.6) is 5.75 Å². The Hall–Kier alpha value is -1.95. The lowest BCUT2D eigenvalue weighted by molar-refractivity contribution is -0.143. The van der Waals surface area contributed by atoms with Crippen molar-refractivity contribution >= 4 is 23.7 Å². The van der Waals surface area contributed by atoms with E-state index in [0.29, 0.717) is 10.8 Å². The van der Waals surface area contributed by atoms with Crippen molar-refractivity contribution < 1.29 is 23.8 Å². The van der Waals surface area contributed by atoms with Crippen molar-refractivity contribution in [3.05, 3.63) is 28.8 Å². The first-order chi connectivity index (χ1) is 10.7. The van der Waals surface area contributed by atoms with E-state index < -0.39 is 23.7 Å². The largest absolute Gasteiger partial charge is 0.495 e. The van der Waals surface area contributed by atoms with E-state index in [2.05, 4.69) is 5.32 Å². The lowest BCUT2D eigenvalue weighted by Gasteiger charge is -2.22. The molecule has 1 atom stereocenters. The summed E-state index contributed by atoms with van der Waals surface area (Å²) in [6, 6.07) is 4.25. The molecule has 0 aliphatic rings.